The Labute approximate surface area is 205 Å². The van der Waals surface area contributed by atoms with Crippen LogP contribution in [0.3, 0.4) is 0 Å². The first-order valence-electron chi connectivity index (χ1n) is 10.5. The summed E-state index contributed by atoms with van der Waals surface area (Å²) in [6, 6.07) is 19.0. The summed E-state index contributed by atoms with van der Waals surface area (Å²) in [5.74, 6) is 5.11. The molecule has 0 bridgehead atoms. The average Bonchev–Trinajstić information content (AvgIpc) is 2.75. The van der Waals surface area contributed by atoms with E-state index in [0.717, 1.165) is 11.8 Å². The number of halogens is 1. The maximum absolute atomic E-state index is 12.5. The number of carboxylic acid groups (broad SMARTS) is 1. The van der Waals surface area contributed by atoms with Gasteiger partial charge in [0.15, 0.2) is 15.9 Å². The summed E-state index contributed by atoms with van der Waals surface area (Å²) in [5, 5.41) is 10.0. The van der Waals surface area contributed by atoms with Gasteiger partial charge in [0.2, 0.25) is 0 Å². The van der Waals surface area contributed by atoms with Crippen molar-refractivity contribution in [3.05, 3.63) is 82.9 Å². The fourth-order valence-corrected chi connectivity index (χ4v) is 4.43. The van der Waals surface area contributed by atoms with Crippen LogP contribution in [0.1, 0.15) is 31.9 Å². The monoisotopic (exact) mass is 496 g/mol. The van der Waals surface area contributed by atoms with Gasteiger partial charge in [0.05, 0.1) is 10.5 Å². The van der Waals surface area contributed by atoms with Crippen molar-refractivity contribution in [3.8, 4) is 28.7 Å². The third-order valence-electron chi connectivity index (χ3n) is 5.00. The van der Waals surface area contributed by atoms with Gasteiger partial charge in [0.1, 0.15) is 5.75 Å². The predicted molar refractivity (Wildman–Crippen MR) is 134 cm³/mol. The lowest BCUT2D eigenvalue weighted by molar-refractivity contribution is -0.150. The number of rotatable bonds is 5. The van der Waals surface area contributed by atoms with Gasteiger partial charge >= 0.3 is 5.97 Å². The van der Waals surface area contributed by atoms with E-state index in [2.05, 4.69) is 11.8 Å². The second-order valence-corrected chi connectivity index (χ2v) is 11.4. The summed E-state index contributed by atoms with van der Waals surface area (Å²) in [6.45, 7) is 5.32. The van der Waals surface area contributed by atoms with Gasteiger partial charge in [0.25, 0.3) is 0 Å². The molecular weight excluding hydrogens is 472 g/mol. The van der Waals surface area contributed by atoms with Gasteiger partial charge in [-0.1, -0.05) is 80.6 Å². The molecule has 0 fully saturated rings. The van der Waals surface area contributed by atoms with Crippen LogP contribution in [0.4, 0.5) is 0 Å². The Morgan fingerprint density at radius 2 is 1.68 bits per heavy atom. The zero-order valence-electron chi connectivity index (χ0n) is 19.3. The van der Waals surface area contributed by atoms with E-state index in [0.29, 0.717) is 21.7 Å². The minimum Gasteiger partial charge on any atom is -0.478 e. The molecule has 34 heavy (non-hydrogen) atoms. The highest BCUT2D eigenvalue weighted by Crippen LogP contribution is 2.30. The van der Waals surface area contributed by atoms with Crippen molar-refractivity contribution >= 4 is 27.4 Å². The van der Waals surface area contributed by atoms with E-state index >= 15 is 0 Å². The fourth-order valence-electron chi connectivity index (χ4n) is 3.33. The fraction of sp³-hybridized carbons (Fsp3) is 0.222. The SMILES string of the molecule is CC(C)(C)C(Oc1ccc(Cl)cc1C#Cc1ccc(-c2ccccc2)c(S(C)(=O)=O)c1)C(=O)O. The second-order valence-electron chi connectivity index (χ2n) is 8.94. The molecule has 0 aliphatic rings. The first-order valence-corrected chi connectivity index (χ1v) is 12.7. The lowest BCUT2D eigenvalue weighted by Gasteiger charge is -2.28. The van der Waals surface area contributed by atoms with Crippen LogP contribution in [0.5, 0.6) is 5.75 Å². The van der Waals surface area contributed by atoms with Crippen molar-refractivity contribution in [2.75, 3.05) is 6.26 Å². The van der Waals surface area contributed by atoms with E-state index < -0.39 is 27.3 Å². The van der Waals surface area contributed by atoms with Crippen molar-refractivity contribution in [1.82, 2.24) is 0 Å². The summed E-state index contributed by atoms with van der Waals surface area (Å²) in [6.07, 6.45) is 0.0594. The second kappa shape index (κ2) is 9.92. The van der Waals surface area contributed by atoms with Crippen LogP contribution < -0.4 is 4.74 Å². The molecule has 0 heterocycles. The topological polar surface area (TPSA) is 80.7 Å². The molecule has 1 atom stereocenters. The number of sulfone groups is 1. The maximum Gasteiger partial charge on any atom is 0.345 e. The Morgan fingerprint density at radius 1 is 1.00 bits per heavy atom. The third kappa shape index (κ3) is 6.19. The smallest absolute Gasteiger partial charge is 0.345 e. The van der Waals surface area contributed by atoms with Gasteiger partial charge in [-0.25, -0.2) is 13.2 Å². The number of carbonyl (C=O) groups is 1. The lowest BCUT2D eigenvalue weighted by atomic mass is 9.89. The molecule has 7 heteroatoms. The molecule has 3 aromatic rings. The Bertz CT molecular complexity index is 1380. The van der Waals surface area contributed by atoms with Crippen molar-refractivity contribution < 1.29 is 23.1 Å². The highest BCUT2D eigenvalue weighted by molar-refractivity contribution is 7.90. The molecule has 0 amide bonds. The van der Waals surface area contributed by atoms with E-state index in [1.165, 1.54) is 6.07 Å². The molecule has 1 unspecified atom stereocenters. The number of aliphatic carboxylic acids is 1. The van der Waals surface area contributed by atoms with Gasteiger partial charge in [0, 0.05) is 27.8 Å². The average molecular weight is 497 g/mol. The van der Waals surface area contributed by atoms with E-state index in [4.69, 9.17) is 16.3 Å². The van der Waals surface area contributed by atoms with Crippen LogP contribution in [0.15, 0.2) is 71.6 Å². The molecule has 0 aliphatic carbocycles. The summed E-state index contributed by atoms with van der Waals surface area (Å²) < 4.78 is 30.8. The van der Waals surface area contributed by atoms with Gasteiger partial charge < -0.3 is 9.84 Å². The Hall–Kier alpha value is -3.27. The van der Waals surface area contributed by atoms with E-state index in [1.54, 1.807) is 51.1 Å². The Morgan fingerprint density at radius 3 is 2.26 bits per heavy atom. The third-order valence-corrected chi connectivity index (χ3v) is 6.38. The minimum atomic E-state index is -3.52. The molecule has 0 aliphatic heterocycles. The molecule has 0 spiro atoms. The zero-order chi connectivity index (χ0) is 25.1. The van der Waals surface area contributed by atoms with E-state index in [1.807, 2.05) is 30.3 Å². The van der Waals surface area contributed by atoms with E-state index in [9.17, 15) is 18.3 Å². The standard InChI is InChI=1S/C27H25ClO5S/c1-27(2,3)25(26(29)30)33-23-15-13-21(28)17-20(23)12-10-18-11-14-22(19-8-6-5-7-9-19)24(16-18)34(4,31)32/h5-9,11,13-17,25H,1-4H3,(H,29,30). The summed E-state index contributed by atoms with van der Waals surface area (Å²) in [4.78, 5) is 11.9. The van der Waals surface area contributed by atoms with Gasteiger partial charge in [-0.15, -0.1) is 0 Å². The lowest BCUT2D eigenvalue weighted by Crippen LogP contribution is -2.39. The molecule has 0 saturated heterocycles. The first-order chi connectivity index (χ1) is 15.9. The number of hydrogen-bond donors (Lipinski definition) is 1. The molecule has 176 valence electrons. The number of hydrogen-bond acceptors (Lipinski definition) is 4. The highest BCUT2D eigenvalue weighted by atomic mass is 35.5. The van der Waals surface area contributed by atoms with Crippen molar-refractivity contribution in [1.29, 1.82) is 0 Å². The number of carboxylic acids is 1. The summed E-state index contributed by atoms with van der Waals surface area (Å²) in [5.41, 5.74) is 1.60. The Balaban J connectivity index is 2.05. The molecule has 3 rings (SSSR count). The van der Waals surface area contributed by atoms with Crippen molar-refractivity contribution in [2.45, 2.75) is 31.8 Å². The number of benzene rings is 3. The largest absolute Gasteiger partial charge is 0.478 e. The van der Waals surface area contributed by atoms with Crippen LogP contribution in [0.25, 0.3) is 11.1 Å². The quantitative estimate of drug-likeness (QED) is 0.459. The van der Waals surface area contributed by atoms with Crippen molar-refractivity contribution in [3.63, 3.8) is 0 Å². The molecule has 0 saturated carbocycles. The van der Waals surface area contributed by atoms with Gasteiger partial charge in [-0.3, -0.25) is 0 Å². The first kappa shape index (κ1) is 25.4. The van der Waals surface area contributed by atoms with Gasteiger partial charge in [-0.2, -0.15) is 0 Å². The number of ether oxygens (including phenoxy) is 1. The van der Waals surface area contributed by atoms with Crippen LogP contribution in [-0.2, 0) is 14.6 Å². The van der Waals surface area contributed by atoms with E-state index in [-0.39, 0.29) is 10.6 Å². The molecule has 5 nitrogen and oxygen atoms in total. The normalized spacial score (nSPS) is 12.4. The van der Waals surface area contributed by atoms with Crippen molar-refractivity contribution in [2.24, 2.45) is 5.41 Å². The molecular formula is C27H25ClO5S. The van der Waals surface area contributed by atoms with Gasteiger partial charge in [-0.05, 0) is 35.9 Å². The Kier molecular flexibility index (Phi) is 7.40. The predicted octanol–water partition coefficient (Wildman–Crippen LogP) is 5.69. The molecule has 0 radical (unpaired) electrons. The minimum absolute atomic E-state index is 0.173. The summed E-state index contributed by atoms with van der Waals surface area (Å²) in [7, 11) is -3.52. The molecule has 1 N–H and O–H groups in total. The van der Waals surface area contributed by atoms with Crippen LogP contribution in [0, 0.1) is 17.3 Å². The summed E-state index contributed by atoms with van der Waals surface area (Å²) >= 11 is 6.14. The zero-order valence-corrected chi connectivity index (χ0v) is 20.9. The van der Waals surface area contributed by atoms with Crippen LogP contribution in [0.2, 0.25) is 5.02 Å². The highest BCUT2D eigenvalue weighted by Gasteiger charge is 2.33. The molecule has 0 aromatic heterocycles. The maximum atomic E-state index is 12.5. The van der Waals surface area contributed by atoms with Crippen LogP contribution in [-0.4, -0.2) is 31.9 Å². The molecule has 3 aromatic carbocycles. The van der Waals surface area contributed by atoms with Crippen LogP contribution >= 0.6 is 11.6 Å².